The first kappa shape index (κ1) is 20.9. The Balaban J connectivity index is 3.15. The quantitative estimate of drug-likeness (QED) is 0.526. The zero-order valence-electron chi connectivity index (χ0n) is 15.0. The van der Waals surface area contributed by atoms with Crippen molar-refractivity contribution in [2.75, 3.05) is 20.0 Å². The van der Waals surface area contributed by atoms with Gasteiger partial charge >= 0.3 is 41.8 Å². The van der Waals surface area contributed by atoms with Gasteiger partial charge in [-0.1, -0.05) is 0 Å². The minimum absolute atomic E-state index is 0.120. The van der Waals surface area contributed by atoms with Crippen molar-refractivity contribution in [2.45, 2.75) is 45.8 Å². The molecule has 0 amide bonds. The first-order valence-electron chi connectivity index (χ1n) is 7.17. The van der Waals surface area contributed by atoms with Crippen LogP contribution in [0.4, 0.5) is 0 Å². The van der Waals surface area contributed by atoms with Crippen molar-refractivity contribution in [3.8, 4) is 0 Å². The monoisotopic (exact) mass is 404 g/mol. The molecule has 1 fully saturated rings. The Kier molecular flexibility index (Phi) is 6.30. The fourth-order valence-electron chi connectivity index (χ4n) is 2.93. The summed E-state index contributed by atoms with van der Waals surface area (Å²) in [4.78, 5) is 0. The maximum absolute atomic E-state index is 12.6. The molecule has 0 atom stereocenters. The molecule has 0 bridgehead atoms. The van der Waals surface area contributed by atoms with Gasteiger partial charge in [-0.2, -0.15) is 0 Å². The van der Waals surface area contributed by atoms with Gasteiger partial charge in [0.1, 0.15) is 0 Å². The molecule has 0 spiro atoms. The molecule has 0 aromatic heterocycles. The SMILES string of the molecule is COP(=O)(C[Si]1(C)O[Si](C)(C)O[Si](C)(C)O[Si](C)(C)O1)OC. The van der Waals surface area contributed by atoms with Crippen molar-refractivity contribution in [1.29, 1.82) is 0 Å². The van der Waals surface area contributed by atoms with Gasteiger partial charge in [-0.25, -0.2) is 0 Å². The summed E-state index contributed by atoms with van der Waals surface area (Å²) in [6.07, 6.45) is 0. The summed E-state index contributed by atoms with van der Waals surface area (Å²) in [7, 11) is -10.6. The van der Waals surface area contributed by atoms with Crippen molar-refractivity contribution >= 4 is 41.8 Å². The summed E-state index contributed by atoms with van der Waals surface area (Å²) in [6, 6.07) is 0. The van der Waals surface area contributed by atoms with E-state index in [9.17, 15) is 4.57 Å². The lowest BCUT2D eigenvalue weighted by atomic mass is 11.8. The van der Waals surface area contributed by atoms with E-state index in [-0.39, 0.29) is 5.79 Å². The Hall–Kier alpha value is 0.858. The van der Waals surface area contributed by atoms with Gasteiger partial charge in [-0.15, -0.1) is 0 Å². The molecule has 0 N–H and O–H groups in total. The first-order valence-corrected chi connectivity index (χ1v) is 19.9. The molecule has 1 heterocycles. The van der Waals surface area contributed by atoms with Crippen LogP contribution in [0, 0.1) is 0 Å². The van der Waals surface area contributed by atoms with Gasteiger partial charge in [0.25, 0.3) is 0 Å². The molecule has 0 aromatic rings. The van der Waals surface area contributed by atoms with Crippen LogP contribution in [0.1, 0.15) is 0 Å². The smallest absolute Gasteiger partial charge is 0.332 e. The van der Waals surface area contributed by atoms with E-state index in [2.05, 4.69) is 0 Å². The Morgan fingerprint density at radius 1 is 0.727 bits per heavy atom. The van der Waals surface area contributed by atoms with Crippen LogP contribution in [0.15, 0.2) is 0 Å². The molecule has 22 heavy (non-hydrogen) atoms. The minimum atomic E-state index is -3.24. The Morgan fingerprint density at radius 3 is 1.36 bits per heavy atom. The normalized spacial score (nSPS) is 27.0. The molecule has 7 nitrogen and oxygen atoms in total. The van der Waals surface area contributed by atoms with Gasteiger partial charge in [-0.3, -0.25) is 4.57 Å². The van der Waals surface area contributed by atoms with Gasteiger partial charge in [0.05, 0.1) is 5.79 Å². The average molecular weight is 405 g/mol. The second-order valence-electron chi connectivity index (χ2n) is 6.88. The van der Waals surface area contributed by atoms with Crippen LogP contribution >= 0.6 is 7.60 Å². The van der Waals surface area contributed by atoms with Crippen molar-refractivity contribution in [3.05, 3.63) is 0 Å². The highest BCUT2D eigenvalue weighted by Gasteiger charge is 2.54. The third kappa shape index (κ3) is 6.05. The third-order valence-corrected chi connectivity index (χ3v) is 23.2. The Labute approximate surface area is 138 Å². The maximum Gasteiger partial charge on any atom is 0.332 e. The van der Waals surface area contributed by atoms with Crippen LogP contribution in [-0.2, 0) is 30.1 Å². The number of hydrogen-bond acceptors (Lipinski definition) is 7. The topological polar surface area (TPSA) is 72.5 Å². The Morgan fingerprint density at radius 2 is 1.05 bits per heavy atom. The molecule has 1 aliphatic heterocycles. The highest BCUT2D eigenvalue weighted by Crippen LogP contribution is 2.50. The average Bonchev–Trinajstić information content (AvgIpc) is 2.21. The van der Waals surface area contributed by atoms with E-state index in [1.165, 1.54) is 14.2 Å². The van der Waals surface area contributed by atoms with Crippen LogP contribution < -0.4 is 0 Å². The highest BCUT2D eigenvalue weighted by molar-refractivity contribution is 7.56. The fourth-order valence-corrected chi connectivity index (χ4v) is 28.6. The molecule has 1 rings (SSSR count). The third-order valence-electron chi connectivity index (χ3n) is 2.94. The van der Waals surface area contributed by atoms with Crippen molar-refractivity contribution in [2.24, 2.45) is 0 Å². The molecule has 0 aliphatic carbocycles. The van der Waals surface area contributed by atoms with Crippen LogP contribution in [0.25, 0.3) is 0 Å². The van der Waals surface area contributed by atoms with Crippen molar-refractivity contribution in [3.63, 3.8) is 0 Å². The molecule has 0 radical (unpaired) electrons. The van der Waals surface area contributed by atoms with E-state index in [0.717, 1.165) is 0 Å². The predicted octanol–water partition coefficient (Wildman–Crippen LogP) is 3.27. The van der Waals surface area contributed by atoms with Crippen molar-refractivity contribution < 1.29 is 30.1 Å². The molecule has 0 aromatic carbocycles. The molecular weight excluding hydrogens is 375 g/mol. The molecule has 0 saturated carbocycles. The minimum Gasteiger partial charge on any atom is -0.416 e. The van der Waals surface area contributed by atoms with E-state index >= 15 is 0 Å². The molecule has 132 valence electrons. The molecule has 12 heteroatoms. The van der Waals surface area contributed by atoms with Gasteiger partial charge in [0.15, 0.2) is 0 Å². The van der Waals surface area contributed by atoms with Gasteiger partial charge in [0.2, 0.25) is 0 Å². The fraction of sp³-hybridized carbons (Fsp3) is 1.00. The zero-order valence-corrected chi connectivity index (χ0v) is 19.9. The molecular formula is C10H29O7PSi4. The van der Waals surface area contributed by atoms with E-state index in [0.29, 0.717) is 0 Å². The van der Waals surface area contributed by atoms with E-state index in [1.807, 2.05) is 45.8 Å². The lowest BCUT2D eigenvalue weighted by molar-refractivity contribution is 0.232. The van der Waals surface area contributed by atoms with Gasteiger partial charge in [0, 0.05) is 14.2 Å². The van der Waals surface area contributed by atoms with Crippen molar-refractivity contribution in [1.82, 2.24) is 0 Å². The summed E-state index contributed by atoms with van der Waals surface area (Å²) in [5.41, 5.74) is 0. The predicted molar refractivity (Wildman–Crippen MR) is 94.9 cm³/mol. The summed E-state index contributed by atoms with van der Waals surface area (Å²) in [6.45, 7) is 13.7. The standard InChI is InChI=1S/C10H29O7PSi4/c1-12-18(11,13-2)10-22(9)16-20(5,6)14-19(3,4)15-21(7,8)17-22/h10H2,1-9H3. The summed E-state index contributed by atoms with van der Waals surface area (Å²) >= 11 is 0. The summed E-state index contributed by atoms with van der Waals surface area (Å²) < 4.78 is 47.8. The van der Waals surface area contributed by atoms with Crippen LogP contribution in [0.3, 0.4) is 0 Å². The number of rotatable bonds is 4. The second kappa shape index (κ2) is 6.63. The summed E-state index contributed by atoms with van der Waals surface area (Å²) in [5.74, 6) is 0.120. The van der Waals surface area contributed by atoms with E-state index in [4.69, 9.17) is 25.5 Å². The van der Waals surface area contributed by atoms with Gasteiger partial charge < -0.3 is 25.5 Å². The second-order valence-corrected chi connectivity index (χ2v) is 24.0. The van der Waals surface area contributed by atoms with E-state index in [1.54, 1.807) is 0 Å². The zero-order chi connectivity index (χ0) is 17.4. The van der Waals surface area contributed by atoms with Crippen LogP contribution in [0.2, 0.25) is 45.8 Å². The van der Waals surface area contributed by atoms with Crippen LogP contribution in [0.5, 0.6) is 0 Å². The lowest BCUT2D eigenvalue weighted by Crippen LogP contribution is -2.66. The molecule has 1 saturated heterocycles. The lowest BCUT2D eigenvalue weighted by Gasteiger charge is -2.47. The molecule has 1 aliphatic rings. The van der Waals surface area contributed by atoms with E-state index < -0.39 is 41.8 Å². The Bertz CT molecular complexity index is 427. The number of hydrogen-bond donors (Lipinski definition) is 0. The highest BCUT2D eigenvalue weighted by atomic mass is 31.2. The first-order chi connectivity index (χ1) is 9.66. The van der Waals surface area contributed by atoms with Gasteiger partial charge in [-0.05, 0) is 45.8 Å². The largest absolute Gasteiger partial charge is 0.416 e. The summed E-state index contributed by atoms with van der Waals surface area (Å²) in [5, 5.41) is 0. The van der Waals surface area contributed by atoms with Crippen LogP contribution in [-0.4, -0.2) is 54.2 Å². The molecule has 0 unspecified atom stereocenters. The maximum atomic E-state index is 12.6.